The van der Waals surface area contributed by atoms with E-state index in [4.69, 9.17) is 9.47 Å². The molecule has 4 nitrogen and oxygen atoms in total. The fourth-order valence-electron chi connectivity index (χ4n) is 5.91. The second-order valence-electron chi connectivity index (χ2n) is 10.8. The van der Waals surface area contributed by atoms with Crippen molar-refractivity contribution in [3.63, 3.8) is 0 Å². The predicted molar refractivity (Wildman–Crippen MR) is 140 cm³/mol. The van der Waals surface area contributed by atoms with Gasteiger partial charge >= 0.3 is 5.97 Å². The minimum absolute atomic E-state index is 0.146. The zero-order valence-corrected chi connectivity index (χ0v) is 22.2. The molecular weight excluding hydrogens is 512 g/mol. The van der Waals surface area contributed by atoms with Crippen LogP contribution in [-0.4, -0.2) is 23.8 Å². The molecule has 212 valence electrons. The Morgan fingerprint density at radius 3 is 1.92 bits per heavy atom. The second kappa shape index (κ2) is 13.0. The van der Waals surface area contributed by atoms with Crippen LogP contribution in [0, 0.1) is 35.1 Å². The smallest absolute Gasteiger partial charge is 0.314 e. The highest BCUT2D eigenvalue weighted by molar-refractivity contribution is 5.75. The number of halogens is 4. The largest absolute Gasteiger partial charge is 0.490 e. The molecule has 2 aromatic rings. The van der Waals surface area contributed by atoms with Gasteiger partial charge in [0.1, 0.15) is 0 Å². The van der Waals surface area contributed by atoms with Crippen molar-refractivity contribution in [2.75, 3.05) is 6.61 Å². The maximum Gasteiger partial charge on any atom is 0.314 e. The van der Waals surface area contributed by atoms with Gasteiger partial charge in [0.25, 0.3) is 0 Å². The van der Waals surface area contributed by atoms with Crippen LogP contribution in [0.5, 0.6) is 11.5 Å². The molecule has 2 saturated carbocycles. The lowest BCUT2D eigenvalue weighted by molar-refractivity contribution is -0.140. The first kappa shape index (κ1) is 29.1. The number of ether oxygens (including phenoxy) is 2. The lowest BCUT2D eigenvalue weighted by Crippen LogP contribution is -2.26. The van der Waals surface area contributed by atoms with Crippen LogP contribution in [0.4, 0.5) is 17.6 Å². The molecule has 0 heterocycles. The van der Waals surface area contributed by atoms with E-state index in [0.29, 0.717) is 44.9 Å². The number of aliphatic hydroxyl groups is 1. The van der Waals surface area contributed by atoms with Crippen molar-refractivity contribution in [2.24, 2.45) is 11.8 Å². The van der Waals surface area contributed by atoms with Gasteiger partial charge in [-0.05, 0) is 106 Å². The Bertz CT molecular complexity index is 1170. The van der Waals surface area contributed by atoms with Crippen molar-refractivity contribution >= 4 is 5.97 Å². The number of benzene rings is 2. The molecule has 0 radical (unpaired) electrons. The van der Waals surface area contributed by atoms with Gasteiger partial charge in [-0.1, -0.05) is 18.2 Å². The number of esters is 1. The SMILES string of the molecule is C=CCCOc1ccc(C2CCC(C(=O)Oc3ccc(C4CCC(C(C)O)CC4)c(F)c3F)CC2)c(F)c1F. The minimum Gasteiger partial charge on any atom is -0.490 e. The standard InChI is InChI=1S/C31H36F4O4/c1-3-4-17-38-25-15-13-23(27(32)29(25)34)21-9-11-22(12-10-21)31(37)39-26-16-14-24(28(33)30(26)35)20-7-5-19(6-8-20)18(2)36/h3,13-16,18-22,36H,1,4-12,17H2,2H3. The van der Waals surface area contributed by atoms with E-state index in [1.165, 1.54) is 24.3 Å². The normalized spacial score (nSPS) is 24.2. The molecule has 39 heavy (non-hydrogen) atoms. The van der Waals surface area contributed by atoms with Gasteiger partial charge in [-0.3, -0.25) is 4.79 Å². The van der Waals surface area contributed by atoms with Gasteiger partial charge < -0.3 is 14.6 Å². The molecule has 2 aromatic carbocycles. The first-order valence-corrected chi connectivity index (χ1v) is 13.8. The molecule has 2 aliphatic carbocycles. The summed E-state index contributed by atoms with van der Waals surface area (Å²) in [7, 11) is 0. The fraction of sp³-hybridized carbons (Fsp3) is 0.516. The molecule has 0 spiro atoms. The van der Waals surface area contributed by atoms with Crippen molar-refractivity contribution in [2.45, 2.75) is 82.7 Å². The highest BCUT2D eigenvalue weighted by Crippen LogP contribution is 2.41. The van der Waals surface area contributed by atoms with E-state index in [1.54, 1.807) is 13.0 Å². The lowest BCUT2D eigenvalue weighted by Gasteiger charge is -2.30. The second-order valence-corrected chi connectivity index (χ2v) is 10.8. The van der Waals surface area contributed by atoms with E-state index in [-0.39, 0.29) is 41.2 Å². The van der Waals surface area contributed by atoms with Crippen molar-refractivity contribution in [1.29, 1.82) is 0 Å². The highest BCUT2D eigenvalue weighted by atomic mass is 19.2. The zero-order chi connectivity index (χ0) is 28.1. The van der Waals surface area contributed by atoms with Gasteiger partial charge in [0, 0.05) is 0 Å². The molecule has 0 amide bonds. The summed E-state index contributed by atoms with van der Waals surface area (Å²) in [5.41, 5.74) is 0.504. The summed E-state index contributed by atoms with van der Waals surface area (Å²) in [6.07, 6.45) is 6.08. The summed E-state index contributed by atoms with van der Waals surface area (Å²) in [4.78, 5) is 12.8. The van der Waals surface area contributed by atoms with Gasteiger partial charge in [0.2, 0.25) is 11.6 Å². The molecule has 1 N–H and O–H groups in total. The maximum absolute atomic E-state index is 14.9. The third-order valence-corrected chi connectivity index (χ3v) is 8.34. The first-order valence-electron chi connectivity index (χ1n) is 13.8. The average molecular weight is 549 g/mol. The van der Waals surface area contributed by atoms with Gasteiger partial charge in [-0.2, -0.15) is 8.78 Å². The maximum atomic E-state index is 14.9. The summed E-state index contributed by atoms with van der Waals surface area (Å²) < 4.78 is 69.5. The number of rotatable bonds is 9. The molecule has 1 unspecified atom stereocenters. The highest BCUT2D eigenvalue weighted by Gasteiger charge is 2.33. The first-order chi connectivity index (χ1) is 18.7. The summed E-state index contributed by atoms with van der Waals surface area (Å²) in [5, 5.41) is 9.78. The Morgan fingerprint density at radius 2 is 1.38 bits per heavy atom. The Labute approximate surface area is 227 Å². The molecule has 0 bridgehead atoms. The van der Waals surface area contributed by atoms with Gasteiger partial charge in [-0.25, -0.2) is 8.78 Å². The van der Waals surface area contributed by atoms with Gasteiger partial charge in [0.05, 0.1) is 18.6 Å². The quantitative estimate of drug-likeness (QED) is 0.115. The summed E-state index contributed by atoms with van der Waals surface area (Å²) in [6.45, 7) is 5.51. The van der Waals surface area contributed by atoms with E-state index in [9.17, 15) is 27.5 Å². The van der Waals surface area contributed by atoms with Crippen LogP contribution in [0.15, 0.2) is 36.9 Å². The van der Waals surface area contributed by atoms with E-state index in [1.807, 2.05) is 0 Å². The van der Waals surface area contributed by atoms with Crippen molar-refractivity contribution in [3.8, 4) is 11.5 Å². The Hall–Kier alpha value is -2.87. The molecule has 0 aliphatic heterocycles. The van der Waals surface area contributed by atoms with Crippen LogP contribution in [0.1, 0.15) is 87.7 Å². The molecule has 2 aliphatic rings. The molecule has 2 fully saturated rings. The predicted octanol–water partition coefficient (Wildman–Crippen LogP) is 7.73. The number of carbonyl (C=O) groups excluding carboxylic acids is 1. The Kier molecular flexibility index (Phi) is 9.70. The number of carbonyl (C=O) groups is 1. The Balaban J connectivity index is 1.34. The van der Waals surface area contributed by atoms with Crippen LogP contribution < -0.4 is 9.47 Å². The van der Waals surface area contributed by atoms with E-state index in [0.717, 1.165) is 12.8 Å². The minimum atomic E-state index is -1.18. The van der Waals surface area contributed by atoms with E-state index < -0.39 is 47.0 Å². The molecular formula is C31H36F4O4. The van der Waals surface area contributed by atoms with Crippen molar-refractivity contribution < 1.29 is 36.9 Å². The van der Waals surface area contributed by atoms with E-state index >= 15 is 0 Å². The van der Waals surface area contributed by atoms with Crippen LogP contribution in [0.3, 0.4) is 0 Å². The molecule has 0 saturated heterocycles. The lowest BCUT2D eigenvalue weighted by atomic mass is 9.77. The number of hydrogen-bond acceptors (Lipinski definition) is 4. The molecule has 0 aromatic heterocycles. The third-order valence-electron chi connectivity index (χ3n) is 8.34. The molecule has 8 heteroatoms. The average Bonchev–Trinajstić information content (AvgIpc) is 2.94. The summed E-state index contributed by atoms with van der Waals surface area (Å²) >= 11 is 0. The zero-order valence-electron chi connectivity index (χ0n) is 22.2. The number of aliphatic hydroxyl groups excluding tert-OH is 1. The van der Waals surface area contributed by atoms with Crippen molar-refractivity contribution in [3.05, 3.63) is 71.3 Å². The van der Waals surface area contributed by atoms with E-state index in [2.05, 4.69) is 6.58 Å². The van der Waals surface area contributed by atoms with Crippen LogP contribution in [0.25, 0.3) is 0 Å². The van der Waals surface area contributed by atoms with Crippen LogP contribution in [-0.2, 0) is 4.79 Å². The molecule has 1 atom stereocenters. The third kappa shape index (κ3) is 6.65. The van der Waals surface area contributed by atoms with Gasteiger partial charge in [0.15, 0.2) is 23.1 Å². The number of hydrogen-bond donors (Lipinski definition) is 1. The monoisotopic (exact) mass is 548 g/mol. The summed E-state index contributed by atoms with van der Waals surface area (Å²) in [5.74, 6) is -6.22. The van der Waals surface area contributed by atoms with Crippen LogP contribution >= 0.6 is 0 Å². The fourth-order valence-corrected chi connectivity index (χ4v) is 5.91. The van der Waals surface area contributed by atoms with Crippen molar-refractivity contribution in [1.82, 2.24) is 0 Å². The van der Waals surface area contributed by atoms with Crippen LogP contribution in [0.2, 0.25) is 0 Å². The van der Waals surface area contributed by atoms with Gasteiger partial charge in [-0.15, -0.1) is 6.58 Å². The molecule has 4 rings (SSSR count). The summed E-state index contributed by atoms with van der Waals surface area (Å²) in [6, 6.07) is 5.71. The Morgan fingerprint density at radius 1 is 0.872 bits per heavy atom. The topological polar surface area (TPSA) is 55.8 Å².